The van der Waals surface area contributed by atoms with Crippen molar-refractivity contribution in [1.29, 1.82) is 0 Å². The van der Waals surface area contributed by atoms with Crippen molar-refractivity contribution in [3.63, 3.8) is 0 Å². The lowest BCUT2D eigenvalue weighted by Gasteiger charge is -2.22. The van der Waals surface area contributed by atoms with Gasteiger partial charge in [0, 0.05) is 18.5 Å². The van der Waals surface area contributed by atoms with Crippen molar-refractivity contribution in [2.75, 3.05) is 13.1 Å². The Morgan fingerprint density at radius 1 is 1.35 bits per heavy atom. The maximum absolute atomic E-state index is 12.5. The molecule has 1 unspecified atom stereocenters. The van der Waals surface area contributed by atoms with Crippen LogP contribution in [0.4, 0.5) is 0 Å². The minimum absolute atomic E-state index is 0. The zero-order valence-electron chi connectivity index (χ0n) is 15.4. The molecule has 1 aromatic heterocycles. The van der Waals surface area contributed by atoms with Crippen LogP contribution in [0, 0.1) is 0 Å². The number of piperidine rings is 1. The fourth-order valence-corrected chi connectivity index (χ4v) is 4.54. The summed E-state index contributed by atoms with van der Waals surface area (Å²) in [5.41, 5.74) is 0. The summed E-state index contributed by atoms with van der Waals surface area (Å²) in [5, 5.41) is 16.1. The summed E-state index contributed by atoms with van der Waals surface area (Å²) in [6.45, 7) is 8.55. The third-order valence-corrected chi connectivity index (χ3v) is 6.19. The second-order valence-electron chi connectivity index (χ2n) is 7.01. The van der Waals surface area contributed by atoms with Gasteiger partial charge in [0.15, 0.2) is 5.16 Å². The van der Waals surface area contributed by atoms with Gasteiger partial charge in [-0.1, -0.05) is 30.7 Å². The van der Waals surface area contributed by atoms with Gasteiger partial charge >= 0.3 is 0 Å². The molecule has 146 valence electrons. The van der Waals surface area contributed by atoms with Gasteiger partial charge in [0.1, 0.15) is 5.82 Å². The molecule has 1 atom stereocenters. The number of thioether (sulfide) groups is 1. The molecular formula is C18H30ClN5OS. The zero-order chi connectivity index (χ0) is 17.6. The van der Waals surface area contributed by atoms with E-state index in [1.54, 1.807) is 0 Å². The summed E-state index contributed by atoms with van der Waals surface area (Å²) in [6, 6.07) is 0.354. The van der Waals surface area contributed by atoms with E-state index in [4.69, 9.17) is 0 Å². The first kappa shape index (κ1) is 21.3. The van der Waals surface area contributed by atoms with Gasteiger partial charge in [-0.2, -0.15) is 0 Å². The van der Waals surface area contributed by atoms with Crippen LogP contribution in [-0.2, 0) is 11.3 Å². The number of aromatic nitrogens is 3. The predicted octanol–water partition coefficient (Wildman–Crippen LogP) is 2.89. The molecule has 1 saturated carbocycles. The highest BCUT2D eigenvalue weighted by Crippen LogP contribution is 2.29. The minimum atomic E-state index is -0.172. The standard InChI is InChI=1S/C18H29N5OS.ClH/c1-3-12-23-16(14-8-10-19-11-9-14)21-22-18(23)25-13(2)17(24)20-15-6-4-5-7-15;/h3,13-15,19H,1,4-12H2,2H3,(H,20,24);1H. The molecule has 1 amide bonds. The van der Waals surface area contributed by atoms with Crippen LogP contribution in [0.25, 0.3) is 0 Å². The molecular weight excluding hydrogens is 370 g/mol. The van der Waals surface area contributed by atoms with Gasteiger partial charge in [0.2, 0.25) is 5.91 Å². The van der Waals surface area contributed by atoms with Crippen molar-refractivity contribution < 1.29 is 4.79 Å². The number of carbonyl (C=O) groups excluding carboxylic acids is 1. The van der Waals surface area contributed by atoms with Gasteiger partial charge in [0.25, 0.3) is 0 Å². The molecule has 1 aromatic rings. The van der Waals surface area contributed by atoms with Gasteiger partial charge in [0.05, 0.1) is 5.25 Å². The molecule has 1 saturated heterocycles. The number of halogens is 1. The number of carbonyl (C=O) groups is 1. The zero-order valence-corrected chi connectivity index (χ0v) is 17.1. The Balaban J connectivity index is 0.00000243. The molecule has 0 radical (unpaired) electrons. The maximum atomic E-state index is 12.5. The van der Waals surface area contributed by atoms with Crippen LogP contribution in [0.15, 0.2) is 17.8 Å². The molecule has 3 rings (SSSR count). The largest absolute Gasteiger partial charge is 0.352 e. The molecule has 26 heavy (non-hydrogen) atoms. The minimum Gasteiger partial charge on any atom is -0.352 e. The van der Waals surface area contributed by atoms with E-state index in [-0.39, 0.29) is 23.6 Å². The molecule has 2 N–H and O–H groups in total. The van der Waals surface area contributed by atoms with Gasteiger partial charge in [-0.05, 0) is 45.7 Å². The predicted molar refractivity (Wildman–Crippen MR) is 108 cm³/mol. The van der Waals surface area contributed by atoms with E-state index in [0.29, 0.717) is 18.5 Å². The molecule has 2 heterocycles. The second-order valence-corrected chi connectivity index (χ2v) is 8.32. The molecule has 1 aliphatic carbocycles. The van der Waals surface area contributed by atoms with Crippen molar-refractivity contribution in [3.8, 4) is 0 Å². The van der Waals surface area contributed by atoms with Crippen LogP contribution >= 0.6 is 24.2 Å². The number of rotatable bonds is 7. The Hall–Kier alpha value is -1.05. The number of nitrogens with one attached hydrogen (secondary N) is 2. The average molecular weight is 400 g/mol. The Kier molecular flexibility index (Phi) is 8.44. The molecule has 0 bridgehead atoms. The summed E-state index contributed by atoms with van der Waals surface area (Å²) < 4.78 is 2.13. The third kappa shape index (κ3) is 5.24. The highest BCUT2D eigenvalue weighted by molar-refractivity contribution is 8.00. The first-order chi connectivity index (χ1) is 12.2. The van der Waals surface area contributed by atoms with Crippen LogP contribution in [0.5, 0.6) is 0 Å². The molecule has 0 spiro atoms. The van der Waals surface area contributed by atoms with Crippen LogP contribution in [-0.4, -0.2) is 45.1 Å². The normalized spacial score (nSPS) is 19.7. The van der Waals surface area contributed by atoms with Gasteiger partial charge < -0.3 is 15.2 Å². The van der Waals surface area contributed by atoms with Crippen molar-refractivity contribution in [3.05, 3.63) is 18.5 Å². The second kappa shape index (κ2) is 10.3. The van der Waals surface area contributed by atoms with E-state index < -0.39 is 0 Å². The summed E-state index contributed by atoms with van der Waals surface area (Å²) in [5.74, 6) is 1.58. The topological polar surface area (TPSA) is 71.8 Å². The third-order valence-electron chi connectivity index (χ3n) is 5.11. The lowest BCUT2D eigenvalue weighted by atomic mass is 9.97. The van der Waals surface area contributed by atoms with Crippen molar-refractivity contribution in [2.24, 2.45) is 0 Å². The average Bonchev–Trinajstić information content (AvgIpc) is 3.26. The SMILES string of the molecule is C=CCn1c(SC(C)C(=O)NC2CCCC2)nnc1C1CCNCC1.Cl. The van der Waals surface area contributed by atoms with Crippen molar-refractivity contribution >= 4 is 30.1 Å². The maximum Gasteiger partial charge on any atom is 0.233 e. The summed E-state index contributed by atoms with van der Waals surface area (Å²) in [6.07, 6.45) is 8.70. The summed E-state index contributed by atoms with van der Waals surface area (Å²) >= 11 is 1.50. The Morgan fingerprint density at radius 2 is 2.04 bits per heavy atom. The molecule has 6 nitrogen and oxygen atoms in total. The Labute approximate surface area is 166 Å². The molecule has 2 aliphatic rings. The Morgan fingerprint density at radius 3 is 2.69 bits per heavy atom. The smallest absolute Gasteiger partial charge is 0.233 e. The van der Waals surface area contributed by atoms with E-state index in [9.17, 15) is 4.79 Å². The van der Waals surface area contributed by atoms with Crippen molar-refractivity contribution in [2.45, 2.75) is 74.4 Å². The quantitative estimate of drug-likeness (QED) is 0.544. The molecule has 0 aromatic carbocycles. The first-order valence-corrected chi connectivity index (χ1v) is 10.3. The van der Waals surface area contributed by atoms with E-state index in [2.05, 4.69) is 32.0 Å². The van der Waals surface area contributed by atoms with Gasteiger partial charge in [-0.3, -0.25) is 4.79 Å². The van der Waals surface area contributed by atoms with Crippen LogP contribution in [0.1, 0.15) is 57.2 Å². The van der Waals surface area contributed by atoms with Crippen LogP contribution in [0.2, 0.25) is 0 Å². The monoisotopic (exact) mass is 399 g/mol. The van der Waals surface area contributed by atoms with E-state index in [1.165, 1.54) is 24.6 Å². The number of hydrogen-bond acceptors (Lipinski definition) is 5. The molecule has 8 heteroatoms. The van der Waals surface area contributed by atoms with Crippen molar-refractivity contribution in [1.82, 2.24) is 25.4 Å². The van der Waals surface area contributed by atoms with Crippen LogP contribution < -0.4 is 10.6 Å². The van der Waals surface area contributed by atoms with E-state index in [1.807, 2.05) is 13.0 Å². The number of nitrogens with zero attached hydrogens (tertiary/aromatic N) is 3. The Bertz CT molecular complexity index is 596. The number of hydrogen-bond donors (Lipinski definition) is 2. The lowest BCUT2D eigenvalue weighted by Crippen LogP contribution is -2.37. The van der Waals surface area contributed by atoms with Crippen LogP contribution in [0.3, 0.4) is 0 Å². The van der Waals surface area contributed by atoms with E-state index in [0.717, 1.165) is 49.8 Å². The number of amides is 1. The highest BCUT2D eigenvalue weighted by atomic mass is 35.5. The first-order valence-electron chi connectivity index (χ1n) is 9.40. The summed E-state index contributed by atoms with van der Waals surface area (Å²) in [4.78, 5) is 12.5. The van der Waals surface area contributed by atoms with Gasteiger partial charge in [-0.25, -0.2) is 0 Å². The van der Waals surface area contributed by atoms with Gasteiger partial charge in [-0.15, -0.1) is 29.2 Å². The fraction of sp³-hybridized carbons (Fsp3) is 0.722. The number of allylic oxidation sites excluding steroid dienone is 1. The summed E-state index contributed by atoms with van der Waals surface area (Å²) in [7, 11) is 0. The van der Waals surface area contributed by atoms with E-state index >= 15 is 0 Å². The molecule has 2 fully saturated rings. The molecule has 1 aliphatic heterocycles. The fourth-order valence-electron chi connectivity index (χ4n) is 3.67. The lowest BCUT2D eigenvalue weighted by molar-refractivity contribution is -0.120. The highest BCUT2D eigenvalue weighted by Gasteiger charge is 2.26.